The number of unbranched alkanes of at least 4 members (excludes halogenated alkanes) is 1. The minimum atomic E-state index is -3.25. The SMILES string of the molecule is CCCCS(=O)(=O)N1CC(CC)Oc2ccccc21. The zero-order valence-corrected chi connectivity index (χ0v) is 12.3. The Morgan fingerprint density at radius 3 is 2.74 bits per heavy atom. The van der Waals surface area contributed by atoms with Crippen LogP contribution in [-0.2, 0) is 10.0 Å². The van der Waals surface area contributed by atoms with Crippen molar-refractivity contribution in [2.24, 2.45) is 0 Å². The van der Waals surface area contributed by atoms with Crippen LogP contribution >= 0.6 is 0 Å². The topological polar surface area (TPSA) is 46.6 Å². The Morgan fingerprint density at radius 2 is 2.05 bits per heavy atom. The van der Waals surface area contributed by atoms with Gasteiger partial charge in [0.15, 0.2) is 0 Å². The van der Waals surface area contributed by atoms with E-state index >= 15 is 0 Å². The van der Waals surface area contributed by atoms with E-state index in [4.69, 9.17) is 4.74 Å². The molecule has 1 aliphatic rings. The van der Waals surface area contributed by atoms with Crippen LogP contribution in [0.2, 0.25) is 0 Å². The Hall–Kier alpha value is -1.23. The minimum absolute atomic E-state index is 0.0636. The van der Waals surface area contributed by atoms with Gasteiger partial charge in [0.05, 0.1) is 18.0 Å². The molecule has 1 aromatic carbocycles. The van der Waals surface area contributed by atoms with Crippen molar-refractivity contribution in [2.45, 2.75) is 39.2 Å². The Morgan fingerprint density at radius 1 is 1.32 bits per heavy atom. The molecule has 1 unspecified atom stereocenters. The molecule has 106 valence electrons. The van der Waals surface area contributed by atoms with Crippen LogP contribution in [0.5, 0.6) is 5.75 Å². The normalized spacial score (nSPS) is 18.8. The Kier molecular flexibility index (Phi) is 4.34. The lowest BCUT2D eigenvalue weighted by atomic mass is 10.2. The van der Waals surface area contributed by atoms with Crippen molar-refractivity contribution in [1.82, 2.24) is 0 Å². The number of hydrogen-bond donors (Lipinski definition) is 0. The van der Waals surface area contributed by atoms with Crippen molar-refractivity contribution in [2.75, 3.05) is 16.6 Å². The number of ether oxygens (including phenoxy) is 1. The highest BCUT2D eigenvalue weighted by molar-refractivity contribution is 7.92. The predicted octanol–water partition coefficient (Wildman–Crippen LogP) is 2.79. The first kappa shape index (κ1) is 14.2. The number of benzene rings is 1. The molecule has 0 aromatic heterocycles. The van der Waals surface area contributed by atoms with Crippen molar-refractivity contribution >= 4 is 15.7 Å². The molecule has 0 aliphatic carbocycles. The third kappa shape index (κ3) is 3.03. The molecule has 5 heteroatoms. The Labute approximate surface area is 115 Å². The molecule has 1 aliphatic heterocycles. The lowest BCUT2D eigenvalue weighted by molar-refractivity contribution is 0.196. The van der Waals surface area contributed by atoms with Gasteiger partial charge >= 0.3 is 0 Å². The first-order valence-corrected chi connectivity index (χ1v) is 8.45. The molecule has 0 amide bonds. The van der Waals surface area contributed by atoms with E-state index < -0.39 is 10.0 Å². The van der Waals surface area contributed by atoms with E-state index in [0.29, 0.717) is 24.4 Å². The minimum Gasteiger partial charge on any atom is -0.486 e. The summed E-state index contributed by atoms with van der Waals surface area (Å²) in [5.74, 6) is 0.870. The van der Waals surface area contributed by atoms with Crippen LogP contribution in [0.3, 0.4) is 0 Å². The molecule has 0 bridgehead atoms. The molecule has 0 N–H and O–H groups in total. The molecule has 1 atom stereocenters. The highest BCUT2D eigenvalue weighted by atomic mass is 32.2. The number of para-hydroxylation sites is 2. The molecular weight excluding hydrogens is 262 g/mol. The molecule has 0 radical (unpaired) electrons. The lowest BCUT2D eigenvalue weighted by Gasteiger charge is -2.35. The highest BCUT2D eigenvalue weighted by Gasteiger charge is 2.31. The van der Waals surface area contributed by atoms with Crippen LogP contribution < -0.4 is 9.04 Å². The van der Waals surface area contributed by atoms with E-state index in [-0.39, 0.29) is 11.9 Å². The second-order valence-corrected chi connectivity index (χ2v) is 6.83. The maximum atomic E-state index is 12.4. The number of nitrogens with zero attached hydrogens (tertiary/aromatic N) is 1. The quantitative estimate of drug-likeness (QED) is 0.835. The van der Waals surface area contributed by atoms with Crippen molar-refractivity contribution in [3.05, 3.63) is 24.3 Å². The van der Waals surface area contributed by atoms with Crippen molar-refractivity contribution in [3.8, 4) is 5.75 Å². The summed E-state index contributed by atoms with van der Waals surface area (Å²) in [5, 5.41) is 0. The van der Waals surface area contributed by atoms with E-state index in [0.717, 1.165) is 12.8 Å². The average molecular weight is 283 g/mol. The predicted molar refractivity (Wildman–Crippen MR) is 77.2 cm³/mol. The Balaban J connectivity index is 2.34. The van der Waals surface area contributed by atoms with Crippen molar-refractivity contribution in [1.29, 1.82) is 0 Å². The second-order valence-electron chi connectivity index (χ2n) is 4.82. The van der Waals surface area contributed by atoms with E-state index in [1.54, 1.807) is 0 Å². The average Bonchev–Trinajstić information content (AvgIpc) is 2.43. The molecule has 1 aromatic rings. The van der Waals surface area contributed by atoms with Gasteiger partial charge in [-0.05, 0) is 25.0 Å². The van der Waals surface area contributed by atoms with Crippen LogP contribution in [0.4, 0.5) is 5.69 Å². The summed E-state index contributed by atoms with van der Waals surface area (Å²) in [5.41, 5.74) is 0.670. The summed E-state index contributed by atoms with van der Waals surface area (Å²) in [6.45, 7) is 4.42. The van der Waals surface area contributed by atoms with Gasteiger partial charge in [-0.1, -0.05) is 32.4 Å². The van der Waals surface area contributed by atoms with E-state index in [1.165, 1.54) is 4.31 Å². The van der Waals surface area contributed by atoms with Crippen LogP contribution in [0.25, 0.3) is 0 Å². The first-order valence-electron chi connectivity index (χ1n) is 6.84. The fraction of sp³-hybridized carbons (Fsp3) is 0.571. The molecule has 19 heavy (non-hydrogen) atoms. The van der Waals surface area contributed by atoms with Crippen molar-refractivity contribution < 1.29 is 13.2 Å². The third-order valence-electron chi connectivity index (χ3n) is 3.34. The molecular formula is C14H21NO3S. The maximum Gasteiger partial charge on any atom is 0.235 e. The van der Waals surface area contributed by atoms with Gasteiger partial charge in [-0.3, -0.25) is 4.31 Å². The van der Waals surface area contributed by atoms with Gasteiger partial charge in [0.25, 0.3) is 0 Å². The lowest BCUT2D eigenvalue weighted by Crippen LogP contribution is -2.44. The standard InChI is InChI=1S/C14H21NO3S/c1-3-5-10-19(16,17)15-11-12(4-2)18-14-9-7-6-8-13(14)15/h6-9,12H,3-5,10-11H2,1-2H3. The van der Waals surface area contributed by atoms with Crippen LogP contribution in [0.1, 0.15) is 33.1 Å². The maximum absolute atomic E-state index is 12.4. The zero-order chi connectivity index (χ0) is 13.9. The van der Waals surface area contributed by atoms with E-state index in [9.17, 15) is 8.42 Å². The summed E-state index contributed by atoms with van der Waals surface area (Å²) < 4.78 is 32.2. The van der Waals surface area contributed by atoms with Crippen LogP contribution in [-0.4, -0.2) is 26.8 Å². The fourth-order valence-electron chi connectivity index (χ4n) is 2.18. The van der Waals surface area contributed by atoms with Gasteiger partial charge in [-0.15, -0.1) is 0 Å². The van der Waals surface area contributed by atoms with Gasteiger partial charge < -0.3 is 4.74 Å². The van der Waals surface area contributed by atoms with Crippen molar-refractivity contribution in [3.63, 3.8) is 0 Å². The van der Waals surface area contributed by atoms with Gasteiger partial charge in [-0.2, -0.15) is 0 Å². The first-order chi connectivity index (χ1) is 9.08. The summed E-state index contributed by atoms with van der Waals surface area (Å²) in [4.78, 5) is 0. The van der Waals surface area contributed by atoms with E-state index in [1.807, 2.05) is 38.1 Å². The molecule has 4 nitrogen and oxygen atoms in total. The molecule has 1 heterocycles. The van der Waals surface area contributed by atoms with Crippen LogP contribution in [0.15, 0.2) is 24.3 Å². The summed E-state index contributed by atoms with van der Waals surface area (Å²) >= 11 is 0. The monoisotopic (exact) mass is 283 g/mol. The Bertz CT molecular complexity index is 527. The summed E-state index contributed by atoms with van der Waals surface area (Å²) in [7, 11) is -3.25. The van der Waals surface area contributed by atoms with Gasteiger partial charge in [-0.25, -0.2) is 8.42 Å². The molecule has 0 spiro atoms. The zero-order valence-electron chi connectivity index (χ0n) is 11.5. The number of hydrogen-bond acceptors (Lipinski definition) is 3. The van der Waals surface area contributed by atoms with Gasteiger partial charge in [0, 0.05) is 0 Å². The smallest absolute Gasteiger partial charge is 0.235 e. The summed E-state index contributed by atoms with van der Waals surface area (Å²) in [6, 6.07) is 7.36. The van der Waals surface area contributed by atoms with Gasteiger partial charge in [0.1, 0.15) is 11.9 Å². The van der Waals surface area contributed by atoms with Crippen LogP contribution in [0, 0.1) is 0 Å². The number of anilines is 1. The number of rotatable bonds is 5. The largest absolute Gasteiger partial charge is 0.486 e. The molecule has 0 fully saturated rings. The van der Waals surface area contributed by atoms with Gasteiger partial charge in [0.2, 0.25) is 10.0 Å². The highest BCUT2D eigenvalue weighted by Crippen LogP contribution is 2.35. The fourth-order valence-corrected chi connectivity index (χ4v) is 3.89. The molecule has 0 saturated heterocycles. The number of fused-ring (bicyclic) bond motifs is 1. The second kappa shape index (κ2) is 5.82. The number of sulfonamides is 1. The summed E-state index contributed by atoms with van der Waals surface area (Å²) in [6.07, 6.45) is 2.31. The molecule has 2 rings (SSSR count). The third-order valence-corrected chi connectivity index (χ3v) is 5.17. The van der Waals surface area contributed by atoms with E-state index in [2.05, 4.69) is 0 Å². The molecule has 0 saturated carbocycles.